The topological polar surface area (TPSA) is 95.5 Å². The molecule has 0 aromatic heterocycles. The predicted octanol–water partition coefficient (Wildman–Crippen LogP) is 1.64. The first-order valence-corrected chi connectivity index (χ1v) is 11.6. The van der Waals surface area contributed by atoms with Crippen LogP contribution in [0.3, 0.4) is 0 Å². The van der Waals surface area contributed by atoms with Gasteiger partial charge in [-0.05, 0) is 0 Å². The Morgan fingerprint density at radius 2 is 1.93 bits per heavy atom. The van der Waals surface area contributed by atoms with Crippen LogP contribution in [0, 0.1) is 5.82 Å². The molecule has 6 nitrogen and oxygen atoms in total. The number of carbonyl (C=O) groups is 3. The molecule has 0 bridgehead atoms. The Bertz CT molecular complexity index is 850. The zero-order valence-corrected chi connectivity index (χ0v) is 16.8. The first-order chi connectivity index (χ1) is 12.9. The van der Waals surface area contributed by atoms with E-state index in [4.69, 9.17) is 5.11 Å². The Balaban J connectivity index is 2.01. The van der Waals surface area contributed by atoms with Crippen molar-refractivity contribution in [2.45, 2.75) is 12.2 Å². The molecule has 0 fully saturated rings. The van der Waals surface area contributed by atoms with Crippen LogP contribution < -0.4 is 15.1 Å². The van der Waals surface area contributed by atoms with Gasteiger partial charge in [-0.1, -0.05) is 0 Å². The number of aliphatic carboxylic acids is 1. The molecule has 2 aromatic rings. The minimum atomic E-state index is -1.11. The average Bonchev–Trinajstić information content (AvgIpc) is 2.64. The van der Waals surface area contributed by atoms with E-state index in [-0.39, 0.29) is 25.7 Å². The van der Waals surface area contributed by atoms with Gasteiger partial charge in [0.25, 0.3) is 0 Å². The van der Waals surface area contributed by atoms with Crippen LogP contribution in [-0.4, -0.2) is 48.5 Å². The zero-order valence-electron chi connectivity index (χ0n) is 14.3. The Hall–Kier alpha value is -2.35. The number of benzene rings is 2. The van der Waals surface area contributed by atoms with Gasteiger partial charge in [0.2, 0.25) is 0 Å². The van der Waals surface area contributed by atoms with Gasteiger partial charge in [-0.2, -0.15) is 0 Å². The number of anilines is 1. The summed E-state index contributed by atoms with van der Waals surface area (Å²) in [6.07, 6.45) is 0. The molecule has 27 heavy (non-hydrogen) atoms. The van der Waals surface area contributed by atoms with Crippen molar-refractivity contribution >= 4 is 51.9 Å². The minimum absolute atomic E-state index is 0.254. The van der Waals surface area contributed by atoms with Crippen LogP contribution in [0.25, 0.3) is 0 Å². The Morgan fingerprint density at radius 3 is 2.63 bits per heavy atom. The molecule has 142 valence electrons. The molecule has 2 amide bonds. The molecule has 0 saturated carbocycles. The summed E-state index contributed by atoms with van der Waals surface area (Å²) in [5.74, 6) is -2.28. The van der Waals surface area contributed by atoms with Gasteiger partial charge in [0.1, 0.15) is 0 Å². The van der Waals surface area contributed by atoms with Crippen molar-refractivity contribution < 1.29 is 23.9 Å². The third-order valence-corrected chi connectivity index (χ3v) is 8.36. The molecule has 1 atom stereocenters. The average molecular weight is 455 g/mol. The fourth-order valence-corrected chi connectivity index (χ4v) is 6.06. The van der Waals surface area contributed by atoms with Crippen molar-refractivity contribution in [2.75, 3.05) is 11.9 Å². The van der Waals surface area contributed by atoms with Gasteiger partial charge in [0.15, 0.2) is 0 Å². The van der Waals surface area contributed by atoms with E-state index in [1.807, 2.05) is 0 Å². The van der Waals surface area contributed by atoms with Gasteiger partial charge in [-0.25, -0.2) is 0 Å². The summed E-state index contributed by atoms with van der Waals surface area (Å²) in [7, 11) is 1.35. The van der Waals surface area contributed by atoms with Crippen LogP contribution in [0.4, 0.5) is 10.1 Å². The van der Waals surface area contributed by atoms with E-state index in [0.29, 0.717) is 11.3 Å². The number of rotatable bonds is 8. The van der Waals surface area contributed by atoms with Crippen molar-refractivity contribution in [1.29, 1.82) is 0 Å². The number of hydrogen-bond acceptors (Lipinski definition) is 4. The second-order valence-corrected chi connectivity index (χ2v) is 9.64. The van der Waals surface area contributed by atoms with Gasteiger partial charge < -0.3 is 0 Å². The molecule has 2 rings (SSSR count). The SMILES string of the molecule is CC(S[Se]c1ccccc1C(=O)Nc1cccc(F)c1)C(=O)NCC(=O)O. The fourth-order valence-electron chi connectivity index (χ4n) is 1.97. The predicted molar refractivity (Wildman–Crippen MR) is 104 cm³/mol. The molecule has 0 aliphatic rings. The van der Waals surface area contributed by atoms with Crippen molar-refractivity contribution in [3.05, 3.63) is 59.9 Å². The van der Waals surface area contributed by atoms with E-state index >= 15 is 0 Å². The van der Waals surface area contributed by atoms with Crippen molar-refractivity contribution in [2.24, 2.45) is 0 Å². The monoisotopic (exact) mass is 456 g/mol. The van der Waals surface area contributed by atoms with Crippen molar-refractivity contribution in [3.8, 4) is 0 Å². The summed E-state index contributed by atoms with van der Waals surface area (Å²) >= 11 is -0.254. The summed E-state index contributed by atoms with van der Waals surface area (Å²) in [6.45, 7) is 1.25. The van der Waals surface area contributed by atoms with Gasteiger partial charge >= 0.3 is 165 Å². The van der Waals surface area contributed by atoms with Crippen LogP contribution in [0.5, 0.6) is 0 Å². The third kappa shape index (κ3) is 6.71. The second-order valence-electron chi connectivity index (χ2n) is 5.39. The summed E-state index contributed by atoms with van der Waals surface area (Å²) in [5.41, 5.74) is 0.809. The summed E-state index contributed by atoms with van der Waals surface area (Å²) in [5, 5.41) is 13.1. The van der Waals surface area contributed by atoms with E-state index in [9.17, 15) is 18.8 Å². The van der Waals surface area contributed by atoms with Gasteiger partial charge in [-0.15, -0.1) is 0 Å². The van der Waals surface area contributed by atoms with E-state index in [1.165, 1.54) is 28.4 Å². The quantitative estimate of drug-likeness (QED) is 0.527. The van der Waals surface area contributed by atoms with Crippen molar-refractivity contribution in [3.63, 3.8) is 0 Å². The van der Waals surface area contributed by atoms with E-state index < -0.39 is 23.6 Å². The zero-order chi connectivity index (χ0) is 19.8. The van der Waals surface area contributed by atoms with E-state index in [0.717, 1.165) is 4.46 Å². The maximum absolute atomic E-state index is 13.3. The Labute approximate surface area is 165 Å². The molecule has 0 aliphatic heterocycles. The standard InChI is InChI=1S/C18H17FN2O4SSe/c1-11(17(24)20-10-16(22)23)26-27-15-8-3-2-7-14(15)18(25)21-13-6-4-5-12(19)9-13/h2-9,11H,10H2,1H3,(H,20,24)(H,21,25)(H,22,23). The number of halogens is 1. The number of carbonyl (C=O) groups excluding carboxylic acids is 2. The fraction of sp³-hybridized carbons (Fsp3) is 0.167. The molecule has 1 unspecified atom stereocenters. The molecular formula is C18H17FN2O4SSe. The van der Waals surface area contributed by atoms with E-state index in [1.54, 1.807) is 37.3 Å². The number of hydrogen-bond donors (Lipinski definition) is 3. The molecule has 0 spiro atoms. The van der Waals surface area contributed by atoms with E-state index in [2.05, 4.69) is 10.6 Å². The summed E-state index contributed by atoms with van der Waals surface area (Å²) < 4.78 is 14.1. The van der Waals surface area contributed by atoms with Crippen LogP contribution in [-0.2, 0) is 9.59 Å². The molecule has 2 aromatic carbocycles. The van der Waals surface area contributed by atoms with Crippen LogP contribution in [0.1, 0.15) is 17.3 Å². The van der Waals surface area contributed by atoms with Gasteiger partial charge in [-0.3, -0.25) is 0 Å². The third-order valence-electron chi connectivity index (χ3n) is 3.28. The first kappa shape index (κ1) is 21.0. The van der Waals surface area contributed by atoms with Gasteiger partial charge in [0, 0.05) is 0 Å². The molecule has 3 N–H and O–H groups in total. The Morgan fingerprint density at radius 1 is 1.19 bits per heavy atom. The normalized spacial score (nSPS) is 11.5. The van der Waals surface area contributed by atoms with Crippen LogP contribution >= 0.6 is 10.2 Å². The Kier molecular flexibility index (Phi) is 7.84. The molecule has 0 radical (unpaired) electrons. The number of carboxylic acids is 1. The summed E-state index contributed by atoms with van der Waals surface area (Å²) in [4.78, 5) is 34.9. The molecule has 0 heterocycles. The number of carboxylic acid groups (broad SMARTS) is 1. The molecule has 0 aliphatic carbocycles. The van der Waals surface area contributed by atoms with Crippen LogP contribution in [0.15, 0.2) is 48.5 Å². The number of nitrogens with one attached hydrogen (secondary N) is 2. The van der Waals surface area contributed by atoms with Gasteiger partial charge in [0.05, 0.1) is 0 Å². The molecule has 0 saturated heterocycles. The van der Waals surface area contributed by atoms with Crippen LogP contribution in [0.2, 0.25) is 0 Å². The molecular weight excluding hydrogens is 438 g/mol. The first-order valence-electron chi connectivity index (χ1n) is 7.85. The number of amides is 2. The second kappa shape index (κ2) is 10.1. The summed E-state index contributed by atoms with van der Waals surface area (Å²) in [6, 6.07) is 12.6. The maximum atomic E-state index is 13.3. The molecule has 9 heteroatoms. The van der Waals surface area contributed by atoms with Crippen molar-refractivity contribution in [1.82, 2.24) is 5.32 Å².